The van der Waals surface area contributed by atoms with Crippen LogP contribution in [0.25, 0.3) is 0 Å². The summed E-state index contributed by atoms with van der Waals surface area (Å²) in [6, 6.07) is 3.91. The molecule has 0 aliphatic heterocycles. The van der Waals surface area contributed by atoms with Crippen LogP contribution in [0.5, 0.6) is 5.06 Å². The van der Waals surface area contributed by atoms with E-state index in [-0.39, 0.29) is 5.41 Å². The first-order chi connectivity index (χ1) is 5.50. The van der Waals surface area contributed by atoms with Crippen molar-refractivity contribution in [1.29, 1.82) is 0 Å². The average molecular weight is 182 g/mol. The van der Waals surface area contributed by atoms with Gasteiger partial charge in [0.2, 0.25) is 0 Å². The SMILES string of the molecule is C=C(Oc1cccs1)C(C)(C)C. The fourth-order valence-electron chi connectivity index (χ4n) is 0.596. The van der Waals surface area contributed by atoms with E-state index in [1.165, 1.54) is 0 Å². The van der Waals surface area contributed by atoms with Gasteiger partial charge in [0.15, 0.2) is 5.06 Å². The van der Waals surface area contributed by atoms with Crippen molar-refractivity contribution < 1.29 is 4.74 Å². The molecular weight excluding hydrogens is 168 g/mol. The van der Waals surface area contributed by atoms with Gasteiger partial charge in [0.25, 0.3) is 0 Å². The van der Waals surface area contributed by atoms with Crippen LogP contribution in [0.15, 0.2) is 29.9 Å². The minimum absolute atomic E-state index is 0.0178. The normalized spacial score (nSPS) is 11.2. The van der Waals surface area contributed by atoms with Crippen LogP contribution in [0.4, 0.5) is 0 Å². The van der Waals surface area contributed by atoms with Crippen LogP contribution in [0, 0.1) is 5.41 Å². The molecule has 0 saturated heterocycles. The lowest BCUT2D eigenvalue weighted by Gasteiger charge is -2.20. The molecule has 0 amide bonds. The molecule has 1 rings (SSSR count). The van der Waals surface area contributed by atoms with E-state index >= 15 is 0 Å². The lowest BCUT2D eigenvalue weighted by Crippen LogP contribution is -2.12. The van der Waals surface area contributed by atoms with Crippen molar-refractivity contribution in [3.8, 4) is 5.06 Å². The van der Waals surface area contributed by atoms with Crippen molar-refractivity contribution in [2.75, 3.05) is 0 Å². The van der Waals surface area contributed by atoms with E-state index in [0.29, 0.717) is 0 Å². The summed E-state index contributed by atoms with van der Waals surface area (Å²) in [6.45, 7) is 10.1. The van der Waals surface area contributed by atoms with Gasteiger partial charge in [0.1, 0.15) is 5.76 Å². The minimum Gasteiger partial charge on any atom is -0.451 e. The predicted octanol–water partition coefficient (Wildman–Crippen LogP) is 3.69. The minimum atomic E-state index is 0.0178. The lowest BCUT2D eigenvalue weighted by atomic mass is 9.95. The third-order valence-corrected chi connectivity index (χ3v) is 2.30. The van der Waals surface area contributed by atoms with E-state index < -0.39 is 0 Å². The monoisotopic (exact) mass is 182 g/mol. The van der Waals surface area contributed by atoms with Crippen LogP contribution in [0.3, 0.4) is 0 Å². The van der Waals surface area contributed by atoms with Crippen molar-refractivity contribution in [2.24, 2.45) is 5.41 Å². The maximum Gasteiger partial charge on any atom is 0.180 e. The zero-order valence-corrected chi connectivity index (χ0v) is 8.57. The van der Waals surface area contributed by atoms with E-state index in [1.54, 1.807) is 11.3 Å². The van der Waals surface area contributed by atoms with E-state index in [4.69, 9.17) is 4.74 Å². The molecule has 1 heterocycles. The fraction of sp³-hybridized carbons (Fsp3) is 0.400. The Kier molecular flexibility index (Phi) is 2.58. The summed E-state index contributed by atoms with van der Waals surface area (Å²) in [5, 5.41) is 2.90. The summed E-state index contributed by atoms with van der Waals surface area (Å²) < 4.78 is 5.54. The molecule has 0 saturated carbocycles. The van der Waals surface area contributed by atoms with Gasteiger partial charge in [-0.05, 0) is 17.5 Å². The standard InChI is InChI=1S/C10H14OS/c1-8(10(2,3)4)11-9-6-5-7-12-9/h5-7H,1H2,2-4H3. The van der Waals surface area contributed by atoms with E-state index in [9.17, 15) is 0 Å². The highest BCUT2D eigenvalue weighted by atomic mass is 32.1. The van der Waals surface area contributed by atoms with Crippen LogP contribution in [0.1, 0.15) is 20.8 Å². The van der Waals surface area contributed by atoms with E-state index in [1.807, 2.05) is 17.5 Å². The Morgan fingerprint density at radius 2 is 2.17 bits per heavy atom. The van der Waals surface area contributed by atoms with Gasteiger partial charge in [-0.1, -0.05) is 27.4 Å². The van der Waals surface area contributed by atoms with Gasteiger partial charge in [-0.2, -0.15) is 0 Å². The molecule has 1 aromatic heterocycles. The van der Waals surface area contributed by atoms with Gasteiger partial charge in [0.05, 0.1) is 0 Å². The van der Waals surface area contributed by atoms with Crippen LogP contribution in [0.2, 0.25) is 0 Å². The van der Waals surface area contributed by atoms with Crippen molar-refractivity contribution in [3.05, 3.63) is 29.9 Å². The summed E-state index contributed by atoms with van der Waals surface area (Å²) in [4.78, 5) is 0. The number of thiophene rings is 1. The first-order valence-electron chi connectivity index (χ1n) is 3.91. The number of rotatable bonds is 2. The summed E-state index contributed by atoms with van der Waals surface area (Å²) in [6.07, 6.45) is 0. The van der Waals surface area contributed by atoms with Crippen molar-refractivity contribution in [1.82, 2.24) is 0 Å². The van der Waals surface area contributed by atoms with Crippen LogP contribution < -0.4 is 4.74 Å². The second-order valence-corrected chi connectivity index (χ2v) is 4.62. The number of allylic oxidation sites excluding steroid dienone is 1. The Morgan fingerprint density at radius 3 is 2.58 bits per heavy atom. The lowest BCUT2D eigenvalue weighted by molar-refractivity contribution is 0.302. The smallest absolute Gasteiger partial charge is 0.180 e. The highest BCUT2D eigenvalue weighted by Gasteiger charge is 2.17. The molecule has 2 heteroatoms. The largest absolute Gasteiger partial charge is 0.451 e. The van der Waals surface area contributed by atoms with Crippen molar-refractivity contribution in [3.63, 3.8) is 0 Å². The average Bonchev–Trinajstić information content (AvgIpc) is 2.37. The van der Waals surface area contributed by atoms with E-state index in [0.717, 1.165) is 10.8 Å². The molecule has 66 valence electrons. The molecule has 0 spiro atoms. The maximum absolute atomic E-state index is 5.54. The zero-order valence-electron chi connectivity index (χ0n) is 7.76. The summed E-state index contributed by atoms with van der Waals surface area (Å²) in [7, 11) is 0. The molecular formula is C10H14OS. The number of hydrogen-bond acceptors (Lipinski definition) is 2. The molecule has 0 radical (unpaired) electrons. The molecule has 0 aromatic carbocycles. The second kappa shape index (κ2) is 3.31. The Balaban J connectivity index is 2.60. The first-order valence-corrected chi connectivity index (χ1v) is 4.79. The van der Waals surface area contributed by atoms with Gasteiger partial charge < -0.3 is 4.74 Å². The molecule has 1 aromatic rings. The third kappa shape index (κ3) is 2.38. The van der Waals surface area contributed by atoms with Gasteiger partial charge in [-0.15, -0.1) is 11.3 Å². The molecule has 0 fully saturated rings. The Bertz CT molecular complexity index is 254. The maximum atomic E-state index is 5.54. The quantitative estimate of drug-likeness (QED) is 0.634. The van der Waals surface area contributed by atoms with Crippen molar-refractivity contribution >= 4 is 11.3 Å². The fourth-order valence-corrected chi connectivity index (χ4v) is 1.19. The number of ether oxygens (including phenoxy) is 1. The molecule has 0 aliphatic rings. The Hall–Kier alpha value is -0.760. The Labute approximate surface area is 77.7 Å². The highest BCUT2D eigenvalue weighted by Crippen LogP contribution is 2.29. The van der Waals surface area contributed by atoms with Crippen molar-refractivity contribution in [2.45, 2.75) is 20.8 Å². The molecule has 0 N–H and O–H groups in total. The summed E-state index contributed by atoms with van der Waals surface area (Å²) >= 11 is 1.58. The van der Waals surface area contributed by atoms with Crippen LogP contribution >= 0.6 is 11.3 Å². The Morgan fingerprint density at radius 1 is 1.50 bits per heavy atom. The summed E-state index contributed by atoms with van der Waals surface area (Å²) in [5.74, 6) is 0.810. The zero-order chi connectivity index (χ0) is 9.19. The van der Waals surface area contributed by atoms with Gasteiger partial charge in [0, 0.05) is 5.41 Å². The van der Waals surface area contributed by atoms with E-state index in [2.05, 4.69) is 27.4 Å². The molecule has 1 nitrogen and oxygen atoms in total. The molecule has 0 unspecified atom stereocenters. The highest BCUT2D eigenvalue weighted by molar-refractivity contribution is 7.11. The predicted molar refractivity (Wildman–Crippen MR) is 53.5 cm³/mol. The summed E-state index contributed by atoms with van der Waals surface area (Å²) in [5.41, 5.74) is 0.0178. The third-order valence-electron chi connectivity index (χ3n) is 1.56. The molecule has 12 heavy (non-hydrogen) atoms. The molecule has 0 aliphatic carbocycles. The molecule has 0 bridgehead atoms. The second-order valence-electron chi connectivity index (χ2n) is 3.71. The number of hydrogen-bond donors (Lipinski definition) is 0. The van der Waals surface area contributed by atoms with Gasteiger partial charge >= 0.3 is 0 Å². The first kappa shape index (κ1) is 9.33. The van der Waals surface area contributed by atoms with Crippen LogP contribution in [-0.2, 0) is 0 Å². The molecule has 0 atom stereocenters. The van der Waals surface area contributed by atoms with Gasteiger partial charge in [-0.25, -0.2) is 0 Å². The van der Waals surface area contributed by atoms with Gasteiger partial charge in [-0.3, -0.25) is 0 Å². The topological polar surface area (TPSA) is 9.23 Å². The van der Waals surface area contributed by atoms with Crippen LogP contribution in [-0.4, -0.2) is 0 Å².